The predicted octanol–water partition coefficient (Wildman–Crippen LogP) is 3.75. The van der Waals surface area contributed by atoms with Crippen LogP contribution in [0.1, 0.15) is 31.4 Å². The third kappa shape index (κ3) is 3.14. The Balaban J connectivity index is 0.00000147. The van der Waals surface area contributed by atoms with Gasteiger partial charge in [-0.3, -0.25) is 4.90 Å². The monoisotopic (exact) mass is 290 g/mol. The van der Waals surface area contributed by atoms with E-state index < -0.39 is 0 Å². The van der Waals surface area contributed by atoms with Crippen molar-refractivity contribution in [3.05, 3.63) is 48.0 Å². The van der Waals surface area contributed by atoms with Crippen molar-refractivity contribution >= 4 is 23.2 Å². The fourth-order valence-corrected chi connectivity index (χ4v) is 3.07. The maximum absolute atomic E-state index is 6.09. The molecule has 0 saturated carbocycles. The first kappa shape index (κ1) is 15.3. The van der Waals surface area contributed by atoms with Crippen LogP contribution in [0.2, 0.25) is 0 Å². The van der Waals surface area contributed by atoms with Gasteiger partial charge in [0.05, 0.1) is 0 Å². The van der Waals surface area contributed by atoms with Gasteiger partial charge in [-0.15, -0.1) is 12.4 Å². The quantitative estimate of drug-likeness (QED) is 0.913. The van der Waals surface area contributed by atoms with Crippen molar-refractivity contribution in [3.63, 3.8) is 0 Å². The summed E-state index contributed by atoms with van der Waals surface area (Å²) in [5.74, 6) is 0. The highest BCUT2D eigenvalue weighted by atomic mass is 35.5. The lowest BCUT2D eigenvalue weighted by Crippen LogP contribution is -2.43. The van der Waals surface area contributed by atoms with E-state index in [1.807, 2.05) is 0 Å². The number of hydrogen-bond acceptors (Lipinski definition) is 2. The molecule has 1 aliphatic rings. The van der Waals surface area contributed by atoms with E-state index in [1.165, 1.54) is 35.7 Å². The van der Waals surface area contributed by atoms with E-state index in [1.54, 1.807) is 0 Å². The van der Waals surface area contributed by atoms with Crippen molar-refractivity contribution in [2.45, 2.75) is 31.8 Å². The molecule has 3 rings (SSSR count). The Morgan fingerprint density at radius 2 is 1.90 bits per heavy atom. The van der Waals surface area contributed by atoms with Gasteiger partial charge in [-0.25, -0.2) is 0 Å². The number of likely N-dealkylation sites (tertiary alicyclic amines) is 1. The number of fused-ring (bicyclic) bond motifs is 1. The summed E-state index contributed by atoms with van der Waals surface area (Å²) in [6.07, 6.45) is 2.39. The lowest BCUT2D eigenvalue weighted by Gasteiger charge is -2.35. The van der Waals surface area contributed by atoms with Gasteiger partial charge in [-0.05, 0) is 48.7 Å². The van der Waals surface area contributed by atoms with Crippen LogP contribution < -0.4 is 5.73 Å². The van der Waals surface area contributed by atoms with Gasteiger partial charge in [0.25, 0.3) is 0 Å². The summed E-state index contributed by atoms with van der Waals surface area (Å²) in [5, 5.41) is 2.64. The van der Waals surface area contributed by atoms with Gasteiger partial charge in [0, 0.05) is 18.6 Å². The number of benzene rings is 2. The molecule has 0 amide bonds. The van der Waals surface area contributed by atoms with Crippen LogP contribution in [0.4, 0.5) is 0 Å². The number of nitrogens with two attached hydrogens (primary N) is 1. The van der Waals surface area contributed by atoms with Crippen molar-refractivity contribution in [1.29, 1.82) is 0 Å². The van der Waals surface area contributed by atoms with Crippen LogP contribution in [0.3, 0.4) is 0 Å². The molecular weight excluding hydrogens is 268 g/mol. The number of halogens is 1. The molecule has 1 aliphatic heterocycles. The maximum atomic E-state index is 6.09. The summed E-state index contributed by atoms with van der Waals surface area (Å²) < 4.78 is 0. The second kappa shape index (κ2) is 6.57. The molecule has 0 spiro atoms. The number of piperidine rings is 1. The highest BCUT2D eigenvalue weighted by Gasteiger charge is 2.22. The van der Waals surface area contributed by atoms with E-state index in [0.717, 1.165) is 6.54 Å². The van der Waals surface area contributed by atoms with Gasteiger partial charge in [-0.1, -0.05) is 36.4 Å². The lowest BCUT2D eigenvalue weighted by molar-refractivity contribution is 0.159. The molecule has 2 N–H and O–H groups in total. The second-order valence-electron chi connectivity index (χ2n) is 5.68. The van der Waals surface area contributed by atoms with E-state index in [-0.39, 0.29) is 12.4 Å². The molecule has 2 unspecified atom stereocenters. The fraction of sp³-hybridized carbons (Fsp3) is 0.412. The highest BCUT2D eigenvalue weighted by molar-refractivity contribution is 5.85. The third-order valence-corrected chi connectivity index (χ3v) is 4.29. The van der Waals surface area contributed by atoms with Crippen LogP contribution in [0.25, 0.3) is 10.8 Å². The second-order valence-corrected chi connectivity index (χ2v) is 5.68. The van der Waals surface area contributed by atoms with Gasteiger partial charge in [-0.2, -0.15) is 0 Å². The van der Waals surface area contributed by atoms with Gasteiger partial charge in [0.1, 0.15) is 0 Å². The number of nitrogens with zero attached hydrogens (tertiary/aromatic N) is 1. The van der Waals surface area contributed by atoms with Gasteiger partial charge >= 0.3 is 0 Å². The van der Waals surface area contributed by atoms with E-state index in [2.05, 4.69) is 54.3 Å². The first-order valence-electron chi connectivity index (χ1n) is 7.22. The average molecular weight is 291 g/mol. The molecule has 2 atom stereocenters. The molecule has 1 heterocycles. The Kier molecular flexibility index (Phi) is 5.03. The number of hydrogen-bond donors (Lipinski definition) is 1. The van der Waals surface area contributed by atoms with E-state index in [0.29, 0.717) is 12.1 Å². The van der Waals surface area contributed by atoms with Crippen molar-refractivity contribution in [3.8, 4) is 0 Å². The topological polar surface area (TPSA) is 29.3 Å². The first-order chi connectivity index (χ1) is 9.24. The normalized spacial score (nSPS) is 21.4. The summed E-state index contributed by atoms with van der Waals surface area (Å²) >= 11 is 0. The van der Waals surface area contributed by atoms with Crippen LogP contribution in [0.15, 0.2) is 42.5 Å². The summed E-state index contributed by atoms with van der Waals surface area (Å²) in [7, 11) is 0. The van der Waals surface area contributed by atoms with Crippen LogP contribution in [-0.4, -0.2) is 24.0 Å². The minimum atomic E-state index is 0. The zero-order valence-corrected chi connectivity index (χ0v) is 12.8. The zero-order chi connectivity index (χ0) is 13.2. The molecule has 20 heavy (non-hydrogen) atoms. The van der Waals surface area contributed by atoms with Gasteiger partial charge in [0.15, 0.2) is 0 Å². The molecule has 0 bridgehead atoms. The summed E-state index contributed by atoms with van der Waals surface area (Å²) in [4.78, 5) is 2.51. The van der Waals surface area contributed by atoms with E-state index in [4.69, 9.17) is 5.73 Å². The average Bonchev–Trinajstić information content (AvgIpc) is 2.46. The Morgan fingerprint density at radius 3 is 2.65 bits per heavy atom. The molecule has 2 aromatic carbocycles. The molecule has 1 saturated heterocycles. The third-order valence-electron chi connectivity index (χ3n) is 4.29. The van der Waals surface area contributed by atoms with Crippen molar-refractivity contribution in [1.82, 2.24) is 4.90 Å². The molecule has 0 aliphatic carbocycles. The van der Waals surface area contributed by atoms with Crippen LogP contribution >= 0.6 is 12.4 Å². The van der Waals surface area contributed by atoms with E-state index >= 15 is 0 Å². The predicted molar refractivity (Wildman–Crippen MR) is 88.4 cm³/mol. The molecule has 1 fully saturated rings. The van der Waals surface area contributed by atoms with Crippen LogP contribution in [-0.2, 0) is 0 Å². The van der Waals surface area contributed by atoms with Crippen molar-refractivity contribution < 1.29 is 0 Å². The van der Waals surface area contributed by atoms with Crippen LogP contribution in [0, 0.1) is 0 Å². The Bertz CT molecular complexity index is 570. The number of rotatable bonds is 2. The van der Waals surface area contributed by atoms with E-state index in [9.17, 15) is 0 Å². The van der Waals surface area contributed by atoms with Crippen molar-refractivity contribution in [2.24, 2.45) is 5.73 Å². The molecule has 3 heteroatoms. The molecule has 0 radical (unpaired) electrons. The Morgan fingerprint density at radius 1 is 1.15 bits per heavy atom. The molecular formula is C17H23ClN2. The maximum Gasteiger partial charge on any atom is 0.0320 e. The molecule has 108 valence electrons. The highest BCUT2D eigenvalue weighted by Crippen LogP contribution is 2.26. The Labute approximate surface area is 127 Å². The fourth-order valence-electron chi connectivity index (χ4n) is 3.07. The molecule has 2 nitrogen and oxygen atoms in total. The van der Waals surface area contributed by atoms with Gasteiger partial charge < -0.3 is 5.73 Å². The smallest absolute Gasteiger partial charge is 0.0320 e. The molecule has 0 aromatic heterocycles. The summed E-state index contributed by atoms with van der Waals surface area (Å²) in [6, 6.07) is 16.2. The Hall–Kier alpha value is -1.09. The standard InChI is InChI=1S/C17H22N2.ClH/c1-13(19-10-4-7-17(18)12-19)15-9-8-14-5-2-3-6-16(14)11-15;/h2-3,5-6,8-9,11,13,17H,4,7,10,12,18H2,1H3;1H. The first-order valence-corrected chi connectivity index (χ1v) is 7.22. The van der Waals surface area contributed by atoms with Gasteiger partial charge in [0.2, 0.25) is 0 Å². The largest absolute Gasteiger partial charge is 0.327 e. The zero-order valence-electron chi connectivity index (χ0n) is 12.0. The minimum absolute atomic E-state index is 0. The van der Waals surface area contributed by atoms with Crippen molar-refractivity contribution in [2.75, 3.05) is 13.1 Å². The summed E-state index contributed by atoms with van der Waals surface area (Å²) in [6.45, 7) is 4.48. The SMILES string of the molecule is CC(c1ccc2ccccc2c1)N1CCCC(N)C1.Cl. The summed E-state index contributed by atoms with van der Waals surface area (Å²) in [5.41, 5.74) is 7.49. The van der Waals surface area contributed by atoms with Crippen LogP contribution in [0.5, 0.6) is 0 Å². The minimum Gasteiger partial charge on any atom is -0.327 e. The lowest BCUT2D eigenvalue weighted by atomic mass is 9.98. The molecule has 2 aromatic rings.